The van der Waals surface area contributed by atoms with Gasteiger partial charge in [0.2, 0.25) is 17.7 Å². The Morgan fingerprint density at radius 3 is 2.19 bits per heavy atom. The smallest absolute Gasteiger partial charge is 0.271 e. The number of aromatic nitrogens is 7. The second-order valence-corrected chi connectivity index (χ2v) is 23.9. The molecule has 4 atom stereocenters. The molecule has 0 fully saturated rings. The Kier molecular flexibility index (Phi) is 18.1. The lowest BCUT2D eigenvalue weighted by Gasteiger charge is -2.23. The van der Waals surface area contributed by atoms with Crippen LogP contribution in [-0.4, -0.2) is 108 Å². The molecule has 0 unspecified atom stereocenters. The summed E-state index contributed by atoms with van der Waals surface area (Å²) in [4.78, 5) is 116. The number of rotatable bonds is 12. The SMILES string of the molecule is CNC(=O)C[C@@H]1NC(=O)c2csc(n2)-c2ccc(-c3nc(NC(=O)CCCO)cs3)nc2-c2csc(n2)-c2csc(n2)[C@H]([C@@H](O)c2ccccc2)NC(=O)CNC(=O)c2nc(sc2COC)[C@@H](C(C)C)NC(=O)c2nc1sc2C. The zero-order valence-corrected chi connectivity index (χ0v) is 47.7. The normalized spacial score (nSPS) is 16.6. The molecule has 0 saturated heterocycles. The Bertz CT molecular complexity index is 3530. The number of aliphatic hydroxyl groups is 2. The average molecular weight is 1180 g/mol. The fraction of sp³-hybridized carbons (Fsp3) is 0.314. The molecule has 0 spiro atoms. The predicted molar refractivity (Wildman–Crippen MR) is 302 cm³/mol. The van der Waals surface area contributed by atoms with Crippen LogP contribution in [0.2, 0.25) is 0 Å². The first-order valence-electron chi connectivity index (χ1n) is 24.4. The lowest BCUT2D eigenvalue weighted by atomic mass is 10.0. The number of hydrogen-bond donors (Lipinski definition) is 8. The molecular formula is C51H51N13O9S6. The molecule has 8 heterocycles. The van der Waals surface area contributed by atoms with Gasteiger partial charge in [-0.15, -0.1) is 68.0 Å². The van der Waals surface area contributed by atoms with Gasteiger partial charge in [-0.2, -0.15) is 0 Å². The van der Waals surface area contributed by atoms with Crippen molar-refractivity contribution in [2.24, 2.45) is 5.92 Å². The summed E-state index contributed by atoms with van der Waals surface area (Å²) in [5.41, 5.74) is 2.79. The van der Waals surface area contributed by atoms with Gasteiger partial charge in [0, 0.05) is 59.1 Å². The topological polar surface area (TPSA) is 315 Å². The van der Waals surface area contributed by atoms with E-state index in [1.807, 2.05) is 13.8 Å². The van der Waals surface area contributed by atoms with E-state index in [1.54, 1.807) is 70.9 Å². The number of nitrogens with one attached hydrogen (secondary N) is 6. The number of ether oxygens (including phenoxy) is 1. The fourth-order valence-electron chi connectivity index (χ4n) is 8.09. The van der Waals surface area contributed by atoms with E-state index in [9.17, 15) is 39.0 Å². The summed E-state index contributed by atoms with van der Waals surface area (Å²) in [7, 11) is 2.94. The highest BCUT2D eigenvalue weighted by molar-refractivity contribution is 7.15. The monoisotopic (exact) mass is 1180 g/mol. The minimum atomic E-state index is -1.27. The molecule has 0 saturated carbocycles. The highest BCUT2D eigenvalue weighted by Gasteiger charge is 2.33. The molecule has 9 rings (SSSR count). The Hall–Kier alpha value is -7.15. The minimum absolute atomic E-state index is 0.00141. The molecule has 410 valence electrons. The number of aryl methyl sites for hydroxylation is 1. The second-order valence-electron chi connectivity index (χ2n) is 18.0. The second kappa shape index (κ2) is 25.3. The van der Waals surface area contributed by atoms with Crippen molar-refractivity contribution in [3.05, 3.63) is 111 Å². The Balaban J connectivity index is 1.13. The van der Waals surface area contributed by atoms with E-state index in [0.29, 0.717) is 85.9 Å². The van der Waals surface area contributed by atoms with Crippen molar-refractivity contribution >= 4 is 109 Å². The number of thiazole rings is 6. The van der Waals surface area contributed by atoms with E-state index in [0.717, 1.165) is 11.3 Å². The summed E-state index contributed by atoms with van der Waals surface area (Å²) < 4.78 is 5.44. The maximum absolute atomic E-state index is 14.2. The molecule has 28 heteroatoms. The Labute approximate surface area is 475 Å². The minimum Gasteiger partial charge on any atom is -0.396 e. The number of carbonyl (C=O) groups is 6. The van der Waals surface area contributed by atoms with Crippen molar-refractivity contribution < 1.29 is 43.7 Å². The predicted octanol–water partition coefficient (Wildman–Crippen LogP) is 7.02. The van der Waals surface area contributed by atoms with Crippen molar-refractivity contribution in [3.8, 4) is 43.4 Å². The maximum Gasteiger partial charge on any atom is 0.271 e. The first-order chi connectivity index (χ1) is 38.1. The first-order valence-corrected chi connectivity index (χ1v) is 29.6. The van der Waals surface area contributed by atoms with Gasteiger partial charge in [0.05, 0.1) is 42.2 Å². The van der Waals surface area contributed by atoms with E-state index in [1.165, 1.54) is 70.8 Å². The van der Waals surface area contributed by atoms with Crippen LogP contribution < -0.4 is 31.9 Å². The van der Waals surface area contributed by atoms with Crippen LogP contribution in [0.25, 0.3) is 43.4 Å². The number of aliphatic hydroxyl groups excluding tert-OH is 2. The van der Waals surface area contributed by atoms with Crippen LogP contribution in [0.4, 0.5) is 5.82 Å². The molecule has 1 aliphatic rings. The van der Waals surface area contributed by atoms with Crippen LogP contribution in [0.1, 0.15) is 119 Å². The molecule has 8 N–H and O–H groups in total. The molecule has 0 radical (unpaired) electrons. The van der Waals surface area contributed by atoms with E-state index in [2.05, 4.69) is 46.9 Å². The van der Waals surface area contributed by atoms with Crippen LogP contribution >= 0.6 is 68.0 Å². The van der Waals surface area contributed by atoms with Crippen molar-refractivity contribution in [2.45, 2.75) is 70.9 Å². The van der Waals surface area contributed by atoms with Crippen molar-refractivity contribution in [2.75, 3.05) is 32.6 Å². The Morgan fingerprint density at radius 2 is 1.43 bits per heavy atom. The van der Waals surface area contributed by atoms with Gasteiger partial charge in [0.25, 0.3) is 17.7 Å². The summed E-state index contributed by atoms with van der Waals surface area (Å²) in [5, 5.41) is 47.1. The van der Waals surface area contributed by atoms with Crippen LogP contribution in [-0.2, 0) is 25.7 Å². The number of nitrogens with zero attached hydrogens (tertiary/aromatic N) is 7. The molecule has 6 amide bonds. The number of pyridine rings is 1. The molecule has 7 aromatic heterocycles. The molecule has 22 nitrogen and oxygen atoms in total. The van der Waals surface area contributed by atoms with E-state index in [4.69, 9.17) is 24.7 Å². The van der Waals surface area contributed by atoms with Crippen LogP contribution in [0.15, 0.2) is 64.0 Å². The highest BCUT2D eigenvalue weighted by Crippen LogP contribution is 2.40. The molecule has 10 bridgehead atoms. The summed E-state index contributed by atoms with van der Waals surface area (Å²) >= 11 is 7.22. The zero-order chi connectivity index (χ0) is 55.9. The largest absolute Gasteiger partial charge is 0.396 e. The van der Waals surface area contributed by atoms with E-state index < -0.39 is 60.3 Å². The zero-order valence-electron chi connectivity index (χ0n) is 42.8. The third-order valence-electron chi connectivity index (χ3n) is 12.1. The van der Waals surface area contributed by atoms with Crippen LogP contribution in [0.3, 0.4) is 0 Å². The number of carbonyl (C=O) groups excluding carboxylic acids is 6. The summed E-state index contributed by atoms with van der Waals surface area (Å²) in [6, 6.07) is 9.54. The number of methoxy groups -OCH3 is 1. The van der Waals surface area contributed by atoms with Crippen molar-refractivity contribution in [3.63, 3.8) is 0 Å². The van der Waals surface area contributed by atoms with Gasteiger partial charge in [-0.05, 0) is 37.0 Å². The molecule has 1 aromatic carbocycles. The third kappa shape index (κ3) is 13.1. The lowest BCUT2D eigenvalue weighted by Crippen LogP contribution is -2.40. The number of hydrogen-bond acceptors (Lipinski definition) is 22. The number of anilines is 1. The maximum atomic E-state index is 14.2. The fourth-order valence-corrected chi connectivity index (χ4v) is 13.6. The van der Waals surface area contributed by atoms with Crippen LogP contribution in [0, 0.1) is 12.8 Å². The molecule has 8 aromatic rings. The standard InChI is InChI=1S/C51H51N13O9S6/c1-23(2)37-51-64-40(32(79-51)18-73-5)44(71)53-17-36(68)61-41(42(69)25-10-7-6-8-11-25)50-58-31(21-76-50)48-56-29(19-75-48)39-26(13-14-27(54-39)47-60-33(22-77-47)59-34(66)12-9-15-65)46-57-30(20-74-46)43(70)55-28(16-35(67)52-4)49-63-38(24(3)78-49)45(72)62-37/h6-8,10-11,13-14,19-23,28,37,41-42,65,69H,9,12,15-18H2,1-5H3,(H,52,67)(H,53,71)(H,55,70)(H,59,66)(H,61,68)(H,62,72)/t28-,37+,41-,42-/m0/s1. The van der Waals surface area contributed by atoms with Gasteiger partial charge in [-0.25, -0.2) is 34.9 Å². The highest BCUT2D eigenvalue weighted by atomic mass is 32.1. The van der Waals surface area contributed by atoms with Gasteiger partial charge < -0.3 is 46.9 Å². The number of fused-ring (bicyclic) bond motifs is 14. The van der Waals surface area contributed by atoms with E-state index in [-0.39, 0.29) is 55.0 Å². The van der Waals surface area contributed by atoms with Crippen molar-refractivity contribution in [1.82, 2.24) is 61.5 Å². The van der Waals surface area contributed by atoms with Gasteiger partial charge in [0.1, 0.15) is 82.2 Å². The lowest BCUT2D eigenvalue weighted by molar-refractivity contribution is -0.122. The molecule has 0 aliphatic carbocycles. The molecule has 79 heavy (non-hydrogen) atoms. The number of amides is 6. The molecular weight excluding hydrogens is 1130 g/mol. The quantitative estimate of drug-likeness (QED) is 0.0609. The van der Waals surface area contributed by atoms with Gasteiger partial charge >= 0.3 is 0 Å². The Morgan fingerprint density at radius 1 is 0.709 bits per heavy atom. The first kappa shape index (κ1) is 56.6. The van der Waals surface area contributed by atoms with Crippen molar-refractivity contribution in [1.29, 1.82) is 0 Å². The number of benzene rings is 1. The van der Waals surface area contributed by atoms with Gasteiger partial charge in [0.15, 0.2) is 0 Å². The average Bonchev–Trinajstić information content (AvgIpc) is 4.35. The summed E-state index contributed by atoms with van der Waals surface area (Å²) in [6.45, 7) is 4.85. The summed E-state index contributed by atoms with van der Waals surface area (Å²) in [6.07, 6.45) is -1.06. The third-order valence-corrected chi connectivity index (χ3v) is 17.8. The van der Waals surface area contributed by atoms with Gasteiger partial charge in [-0.3, -0.25) is 28.8 Å². The van der Waals surface area contributed by atoms with Gasteiger partial charge in [-0.1, -0.05) is 44.2 Å². The molecule has 1 aliphatic heterocycles. The van der Waals surface area contributed by atoms with E-state index >= 15 is 0 Å². The summed E-state index contributed by atoms with van der Waals surface area (Å²) in [5.74, 6) is -3.08. The van der Waals surface area contributed by atoms with Crippen LogP contribution in [0.5, 0.6) is 0 Å².